The number of thiophene rings is 1. The van der Waals surface area contributed by atoms with Crippen molar-refractivity contribution in [2.24, 2.45) is 0 Å². The van der Waals surface area contributed by atoms with Gasteiger partial charge in [-0.05, 0) is 40.8 Å². The maximum atomic E-state index is 13.4. The first-order valence-electron chi connectivity index (χ1n) is 13.0. The SMILES string of the molecule is COC(=O)C1(Cc2ccc(OCCNCc3nc4ccccc4o3)cc2)Nc2cscc2C1(O)c1ccccc1. The Morgan fingerprint density at radius 1 is 1.05 bits per heavy atom. The molecule has 3 N–H and O–H groups in total. The van der Waals surface area contributed by atoms with Gasteiger partial charge in [-0.1, -0.05) is 54.6 Å². The maximum Gasteiger partial charge on any atom is 0.335 e. The van der Waals surface area contributed by atoms with Gasteiger partial charge in [0.1, 0.15) is 17.9 Å². The fourth-order valence-electron chi connectivity index (χ4n) is 5.36. The predicted octanol–water partition coefficient (Wildman–Crippen LogP) is 4.87. The van der Waals surface area contributed by atoms with Crippen molar-refractivity contribution >= 4 is 34.1 Å². The van der Waals surface area contributed by atoms with E-state index in [9.17, 15) is 9.90 Å². The highest BCUT2D eigenvalue weighted by Crippen LogP contribution is 2.53. The number of fused-ring (bicyclic) bond motifs is 2. The van der Waals surface area contributed by atoms with Crippen LogP contribution in [0.15, 0.2) is 94.0 Å². The smallest absolute Gasteiger partial charge is 0.335 e. The molecular weight excluding hydrogens is 526 g/mol. The van der Waals surface area contributed by atoms with Crippen LogP contribution in [0.3, 0.4) is 0 Å². The Morgan fingerprint density at radius 2 is 1.82 bits per heavy atom. The first kappa shape index (κ1) is 26.1. The summed E-state index contributed by atoms with van der Waals surface area (Å²) in [5.41, 5.74) is 1.42. The van der Waals surface area contributed by atoms with Gasteiger partial charge in [0.25, 0.3) is 0 Å². The molecule has 2 unspecified atom stereocenters. The van der Waals surface area contributed by atoms with E-state index in [2.05, 4.69) is 15.6 Å². The van der Waals surface area contributed by atoms with Crippen LogP contribution in [0.2, 0.25) is 0 Å². The van der Waals surface area contributed by atoms with Crippen LogP contribution < -0.4 is 15.4 Å². The minimum absolute atomic E-state index is 0.205. The molecule has 0 bridgehead atoms. The number of para-hydroxylation sites is 2. The average molecular weight is 556 g/mol. The summed E-state index contributed by atoms with van der Waals surface area (Å²) >= 11 is 1.47. The van der Waals surface area contributed by atoms with E-state index in [4.69, 9.17) is 13.9 Å². The normalized spacial score (nSPS) is 19.8. The highest BCUT2D eigenvalue weighted by atomic mass is 32.1. The van der Waals surface area contributed by atoms with Crippen molar-refractivity contribution < 1.29 is 23.8 Å². The molecule has 0 saturated carbocycles. The predicted molar refractivity (Wildman–Crippen MR) is 153 cm³/mol. The Kier molecular flexibility index (Phi) is 7.02. The minimum atomic E-state index is -1.62. The molecule has 40 heavy (non-hydrogen) atoms. The summed E-state index contributed by atoms with van der Waals surface area (Å²) in [7, 11) is 1.35. The lowest BCUT2D eigenvalue weighted by atomic mass is 9.71. The lowest BCUT2D eigenvalue weighted by molar-refractivity contribution is -0.154. The molecule has 204 valence electrons. The quantitative estimate of drug-likeness (QED) is 0.166. The van der Waals surface area contributed by atoms with Gasteiger partial charge in [-0.3, -0.25) is 0 Å². The van der Waals surface area contributed by atoms with Crippen molar-refractivity contribution in [2.75, 3.05) is 25.6 Å². The molecule has 1 aliphatic heterocycles. The van der Waals surface area contributed by atoms with Crippen molar-refractivity contribution in [3.8, 4) is 5.75 Å². The van der Waals surface area contributed by atoms with Crippen molar-refractivity contribution in [3.05, 3.63) is 112 Å². The number of carbonyl (C=O) groups excluding carboxylic acids is 1. The zero-order valence-corrected chi connectivity index (χ0v) is 22.7. The van der Waals surface area contributed by atoms with E-state index in [1.807, 2.05) is 89.6 Å². The summed E-state index contributed by atoms with van der Waals surface area (Å²) in [6.45, 7) is 1.58. The van der Waals surface area contributed by atoms with Crippen LogP contribution in [-0.4, -0.2) is 41.9 Å². The Balaban J connectivity index is 1.13. The summed E-state index contributed by atoms with van der Waals surface area (Å²) < 4.78 is 16.9. The molecule has 8 nitrogen and oxygen atoms in total. The average Bonchev–Trinajstić information content (AvgIpc) is 3.68. The van der Waals surface area contributed by atoms with Crippen molar-refractivity contribution in [3.63, 3.8) is 0 Å². The largest absolute Gasteiger partial charge is 0.492 e. The number of nitrogens with zero attached hydrogens (tertiary/aromatic N) is 1. The number of aromatic nitrogens is 1. The number of carbonyl (C=O) groups is 1. The third kappa shape index (κ3) is 4.52. The number of esters is 1. The van der Waals surface area contributed by atoms with Gasteiger partial charge in [0.2, 0.25) is 5.89 Å². The molecular formula is C31H29N3O5S. The van der Waals surface area contributed by atoms with Gasteiger partial charge in [-0.2, -0.15) is 0 Å². The van der Waals surface area contributed by atoms with E-state index in [-0.39, 0.29) is 6.42 Å². The third-order valence-corrected chi connectivity index (χ3v) is 8.04. The number of methoxy groups -OCH3 is 1. The number of benzene rings is 3. The molecule has 0 aliphatic carbocycles. The third-order valence-electron chi connectivity index (χ3n) is 7.30. The molecule has 6 rings (SSSR count). The summed E-state index contributed by atoms with van der Waals surface area (Å²) in [6, 6.07) is 24.5. The highest BCUT2D eigenvalue weighted by molar-refractivity contribution is 7.08. The number of hydrogen-bond donors (Lipinski definition) is 3. The molecule has 0 fully saturated rings. The Morgan fingerprint density at radius 3 is 2.60 bits per heavy atom. The number of oxazole rings is 1. The summed E-state index contributed by atoms with van der Waals surface area (Å²) in [4.78, 5) is 17.9. The first-order valence-corrected chi connectivity index (χ1v) is 14.0. The van der Waals surface area contributed by atoms with Crippen molar-refractivity contribution in [1.29, 1.82) is 0 Å². The first-order chi connectivity index (χ1) is 19.5. The lowest BCUT2D eigenvalue weighted by Gasteiger charge is -2.40. The fourth-order valence-corrected chi connectivity index (χ4v) is 6.19. The van der Waals surface area contributed by atoms with E-state index in [1.165, 1.54) is 18.4 Å². The summed E-state index contributed by atoms with van der Waals surface area (Å²) in [5, 5.41) is 22.7. The summed E-state index contributed by atoms with van der Waals surface area (Å²) in [5.74, 6) is 0.802. The van der Waals surface area contributed by atoms with E-state index in [0.717, 1.165) is 22.4 Å². The second-order valence-electron chi connectivity index (χ2n) is 9.72. The molecule has 3 heterocycles. The van der Waals surface area contributed by atoms with Crippen molar-refractivity contribution in [2.45, 2.75) is 24.1 Å². The van der Waals surface area contributed by atoms with Gasteiger partial charge >= 0.3 is 5.97 Å². The number of aliphatic hydroxyl groups is 1. The molecule has 0 amide bonds. The van der Waals surface area contributed by atoms with Gasteiger partial charge < -0.3 is 29.6 Å². The zero-order chi connectivity index (χ0) is 27.6. The molecule has 0 spiro atoms. The molecule has 0 radical (unpaired) electrons. The number of nitrogens with one attached hydrogen (secondary N) is 2. The van der Waals surface area contributed by atoms with Crippen LogP contribution in [0.4, 0.5) is 5.69 Å². The van der Waals surface area contributed by atoms with E-state index in [1.54, 1.807) is 0 Å². The molecule has 2 aromatic heterocycles. The molecule has 2 atom stereocenters. The number of anilines is 1. The van der Waals surface area contributed by atoms with Crippen LogP contribution in [0, 0.1) is 0 Å². The molecule has 5 aromatic rings. The highest BCUT2D eigenvalue weighted by Gasteiger charge is 2.64. The topological polar surface area (TPSA) is 106 Å². The number of ether oxygens (including phenoxy) is 2. The molecule has 9 heteroatoms. The van der Waals surface area contributed by atoms with Crippen molar-refractivity contribution in [1.82, 2.24) is 10.3 Å². The van der Waals surface area contributed by atoms with Gasteiger partial charge in [0.15, 0.2) is 16.7 Å². The van der Waals surface area contributed by atoms with E-state index < -0.39 is 17.1 Å². The maximum absolute atomic E-state index is 13.4. The van der Waals surface area contributed by atoms with Crippen LogP contribution in [0.25, 0.3) is 11.1 Å². The van der Waals surface area contributed by atoms with Crippen LogP contribution in [0.5, 0.6) is 5.75 Å². The van der Waals surface area contributed by atoms with E-state index in [0.29, 0.717) is 42.5 Å². The molecule has 3 aromatic carbocycles. The monoisotopic (exact) mass is 555 g/mol. The van der Waals surface area contributed by atoms with E-state index >= 15 is 0 Å². The Labute approximate surface area is 235 Å². The second kappa shape index (κ2) is 10.8. The molecule has 1 aliphatic rings. The van der Waals surface area contributed by atoms with Crippen LogP contribution >= 0.6 is 11.3 Å². The number of hydrogen-bond acceptors (Lipinski definition) is 9. The zero-order valence-electron chi connectivity index (χ0n) is 21.9. The fraction of sp³-hybridized carbons (Fsp3) is 0.226. The van der Waals surface area contributed by atoms with Gasteiger partial charge in [0.05, 0.1) is 19.3 Å². The van der Waals surface area contributed by atoms with Gasteiger partial charge in [-0.15, -0.1) is 11.3 Å². The van der Waals surface area contributed by atoms with Gasteiger partial charge in [0, 0.05) is 23.9 Å². The van der Waals surface area contributed by atoms with Crippen LogP contribution in [-0.2, 0) is 28.1 Å². The van der Waals surface area contributed by atoms with Gasteiger partial charge in [-0.25, -0.2) is 9.78 Å². The summed E-state index contributed by atoms with van der Waals surface area (Å²) in [6.07, 6.45) is 0.205. The Hall–Kier alpha value is -4.18. The number of rotatable bonds is 10. The second-order valence-corrected chi connectivity index (χ2v) is 10.5. The molecule has 0 saturated heterocycles. The Bertz CT molecular complexity index is 1580. The van der Waals surface area contributed by atoms with Crippen LogP contribution in [0.1, 0.15) is 22.6 Å². The lowest BCUT2D eigenvalue weighted by Crippen LogP contribution is -2.61. The minimum Gasteiger partial charge on any atom is -0.492 e. The standard InChI is InChI=1S/C31H29N3O5S/c1-37-29(35)30(31(36,22-7-3-2-4-8-22)24-19-40-20-26(24)34-30)17-21-11-13-23(14-12-21)38-16-15-32-18-28-33-25-9-5-6-10-27(25)39-28/h2-14,19-20,32,34,36H,15-18H2,1H3.